The fourth-order valence-corrected chi connectivity index (χ4v) is 2.25. The van der Waals surface area contributed by atoms with E-state index >= 15 is 0 Å². The van der Waals surface area contributed by atoms with Gasteiger partial charge >= 0.3 is 5.97 Å². The van der Waals surface area contributed by atoms with Gasteiger partial charge in [0.2, 0.25) is 5.91 Å². The minimum Gasteiger partial charge on any atom is -0.481 e. The Kier molecular flexibility index (Phi) is 3.69. The van der Waals surface area contributed by atoms with E-state index < -0.39 is 17.8 Å². The Morgan fingerprint density at radius 3 is 2.74 bits per heavy atom. The van der Waals surface area contributed by atoms with Crippen molar-refractivity contribution in [1.29, 1.82) is 0 Å². The fourth-order valence-electron chi connectivity index (χ4n) is 2.25. The predicted octanol–water partition coefficient (Wildman–Crippen LogP) is 0.947. The van der Waals surface area contributed by atoms with E-state index in [9.17, 15) is 14.0 Å². The van der Waals surface area contributed by atoms with E-state index in [-0.39, 0.29) is 18.0 Å². The number of rotatable bonds is 3. The average molecular weight is 266 g/mol. The van der Waals surface area contributed by atoms with E-state index in [2.05, 4.69) is 0 Å². The van der Waals surface area contributed by atoms with Crippen molar-refractivity contribution < 1.29 is 19.1 Å². The lowest BCUT2D eigenvalue weighted by atomic mass is 10.1. The van der Waals surface area contributed by atoms with Gasteiger partial charge in [0.25, 0.3) is 0 Å². The third-order valence-corrected chi connectivity index (χ3v) is 3.24. The number of carbonyl (C=O) groups is 2. The van der Waals surface area contributed by atoms with Crippen LogP contribution in [0.25, 0.3) is 0 Å². The van der Waals surface area contributed by atoms with Gasteiger partial charge in [0.15, 0.2) is 0 Å². The van der Waals surface area contributed by atoms with Crippen LogP contribution in [0.5, 0.6) is 0 Å². The van der Waals surface area contributed by atoms with Crippen LogP contribution in [0, 0.1) is 5.82 Å². The summed E-state index contributed by atoms with van der Waals surface area (Å²) >= 11 is 0. The lowest BCUT2D eigenvalue weighted by Gasteiger charge is -2.40. The number of amides is 1. The van der Waals surface area contributed by atoms with E-state index in [4.69, 9.17) is 5.11 Å². The molecule has 0 saturated carbocycles. The minimum absolute atomic E-state index is 0.273. The predicted molar refractivity (Wildman–Crippen MR) is 67.4 cm³/mol. The van der Waals surface area contributed by atoms with Gasteiger partial charge < -0.3 is 14.9 Å². The molecule has 6 heteroatoms. The average Bonchev–Trinajstić information content (AvgIpc) is 2.36. The first-order chi connectivity index (χ1) is 9.00. The number of para-hydroxylation sites is 1. The summed E-state index contributed by atoms with van der Waals surface area (Å²) in [6, 6.07) is 5.23. The molecule has 102 valence electrons. The molecular formula is C13H15FN2O3. The van der Waals surface area contributed by atoms with Gasteiger partial charge in [-0.3, -0.25) is 9.59 Å². The maximum atomic E-state index is 13.8. The molecule has 1 N–H and O–H groups in total. The summed E-state index contributed by atoms with van der Waals surface area (Å²) in [4.78, 5) is 26.0. The Morgan fingerprint density at radius 1 is 1.42 bits per heavy atom. The van der Waals surface area contributed by atoms with Gasteiger partial charge in [-0.15, -0.1) is 0 Å². The van der Waals surface area contributed by atoms with E-state index in [1.165, 1.54) is 15.9 Å². The van der Waals surface area contributed by atoms with Crippen LogP contribution in [-0.4, -0.2) is 48.1 Å². The van der Waals surface area contributed by atoms with Crippen molar-refractivity contribution in [2.24, 2.45) is 0 Å². The van der Waals surface area contributed by atoms with Crippen molar-refractivity contribution in [3.63, 3.8) is 0 Å². The third-order valence-electron chi connectivity index (χ3n) is 3.24. The molecule has 1 aliphatic heterocycles. The molecule has 1 amide bonds. The van der Waals surface area contributed by atoms with Gasteiger partial charge in [-0.1, -0.05) is 12.1 Å². The molecule has 0 radical (unpaired) electrons. The topological polar surface area (TPSA) is 60.9 Å². The smallest absolute Gasteiger partial charge is 0.305 e. The van der Waals surface area contributed by atoms with Crippen LogP contribution in [0.2, 0.25) is 0 Å². The Labute approximate surface area is 110 Å². The highest BCUT2D eigenvalue weighted by Gasteiger charge is 2.35. The SMILES string of the molecule is CN1CCN(c2ccccc2F)C(CC(=O)O)C1=O. The number of carboxylic acids is 1. The highest BCUT2D eigenvalue weighted by atomic mass is 19.1. The molecule has 1 atom stereocenters. The van der Waals surface area contributed by atoms with Crippen molar-refractivity contribution in [3.8, 4) is 0 Å². The molecule has 5 nitrogen and oxygen atoms in total. The van der Waals surface area contributed by atoms with Crippen molar-refractivity contribution in [2.75, 3.05) is 25.0 Å². The van der Waals surface area contributed by atoms with Crippen LogP contribution in [0.3, 0.4) is 0 Å². The number of hydrogen-bond donors (Lipinski definition) is 1. The zero-order valence-corrected chi connectivity index (χ0v) is 10.5. The van der Waals surface area contributed by atoms with Crippen LogP contribution in [-0.2, 0) is 9.59 Å². The molecule has 1 saturated heterocycles. The summed E-state index contributed by atoms with van der Waals surface area (Å²) in [6.45, 7) is 0.865. The highest BCUT2D eigenvalue weighted by Crippen LogP contribution is 2.25. The number of carboxylic acid groups (broad SMARTS) is 1. The lowest BCUT2D eigenvalue weighted by Crippen LogP contribution is -2.56. The standard InChI is InChI=1S/C13H15FN2O3/c1-15-6-7-16(10-5-3-2-4-9(10)14)11(13(15)19)8-12(17)18/h2-5,11H,6-8H2,1H3,(H,17,18). The number of halogens is 1. The van der Waals surface area contributed by atoms with E-state index in [0.29, 0.717) is 13.1 Å². The number of carbonyl (C=O) groups excluding carboxylic acids is 1. The normalized spacial score (nSPS) is 19.7. The molecule has 1 unspecified atom stereocenters. The van der Waals surface area contributed by atoms with Crippen LogP contribution in [0.1, 0.15) is 6.42 Å². The molecule has 2 rings (SSSR count). The van der Waals surface area contributed by atoms with Crippen LogP contribution >= 0.6 is 0 Å². The van der Waals surface area contributed by atoms with E-state index in [1.807, 2.05) is 0 Å². The molecule has 1 aromatic carbocycles. The number of nitrogens with zero attached hydrogens (tertiary/aromatic N) is 2. The summed E-state index contributed by atoms with van der Waals surface area (Å²) in [6.07, 6.45) is -0.336. The summed E-state index contributed by atoms with van der Waals surface area (Å²) in [7, 11) is 1.62. The molecule has 1 fully saturated rings. The van der Waals surface area contributed by atoms with Crippen molar-refractivity contribution in [1.82, 2.24) is 4.90 Å². The first kappa shape index (κ1) is 13.3. The number of hydrogen-bond acceptors (Lipinski definition) is 3. The van der Waals surface area contributed by atoms with Crippen LogP contribution in [0.15, 0.2) is 24.3 Å². The second-order valence-corrected chi connectivity index (χ2v) is 4.52. The number of likely N-dealkylation sites (N-methyl/N-ethyl adjacent to an activating group) is 1. The summed E-state index contributed by atoms with van der Waals surface area (Å²) < 4.78 is 13.8. The van der Waals surface area contributed by atoms with Gasteiger partial charge in [-0.05, 0) is 12.1 Å². The van der Waals surface area contributed by atoms with Crippen molar-refractivity contribution >= 4 is 17.6 Å². The number of aliphatic carboxylic acids is 1. The molecular weight excluding hydrogens is 251 g/mol. The fraction of sp³-hybridized carbons (Fsp3) is 0.385. The molecule has 1 aliphatic rings. The maximum Gasteiger partial charge on any atom is 0.305 e. The molecule has 0 spiro atoms. The summed E-state index contributed by atoms with van der Waals surface area (Å²) in [5.41, 5.74) is 0.273. The molecule has 0 aromatic heterocycles. The Morgan fingerprint density at radius 2 is 2.11 bits per heavy atom. The Hall–Kier alpha value is -2.11. The first-order valence-corrected chi connectivity index (χ1v) is 5.98. The third kappa shape index (κ3) is 2.67. The van der Waals surface area contributed by atoms with Gasteiger partial charge in [-0.2, -0.15) is 0 Å². The molecule has 1 aromatic rings. The number of piperazine rings is 1. The lowest BCUT2D eigenvalue weighted by molar-refractivity contribution is -0.142. The van der Waals surface area contributed by atoms with E-state index in [0.717, 1.165) is 0 Å². The van der Waals surface area contributed by atoms with E-state index in [1.54, 1.807) is 25.2 Å². The van der Waals surface area contributed by atoms with Crippen LogP contribution < -0.4 is 4.90 Å². The summed E-state index contributed by atoms with van der Waals surface area (Å²) in [5, 5.41) is 8.91. The second-order valence-electron chi connectivity index (χ2n) is 4.52. The number of benzene rings is 1. The first-order valence-electron chi connectivity index (χ1n) is 5.98. The quantitative estimate of drug-likeness (QED) is 0.884. The van der Waals surface area contributed by atoms with Crippen LogP contribution in [0.4, 0.5) is 10.1 Å². The van der Waals surface area contributed by atoms with Gasteiger partial charge in [0, 0.05) is 20.1 Å². The van der Waals surface area contributed by atoms with Gasteiger partial charge in [-0.25, -0.2) is 4.39 Å². The zero-order valence-electron chi connectivity index (χ0n) is 10.5. The largest absolute Gasteiger partial charge is 0.481 e. The molecule has 1 heterocycles. The Balaban J connectivity index is 2.34. The second kappa shape index (κ2) is 5.26. The molecule has 0 bridgehead atoms. The number of anilines is 1. The molecule has 19 heavy (non-hydrogen) atoms. The van der Waals surface area contributed by atoms with Gasteiger partial charge in [0.05, 0.1) is 12.1 Å². The maximum absolute atomic E-state index is 13.8. The molecule has 0 aliphatic carbocycles. The van der Waals surface area contributed by atoms with Crippen molar-refractivity contribution in [2.45, 2.75) is 12.5 Å². The minimum atomic E-state index is -1.07. The zero-order chi connectivity index (χ0) is 14.0. The summed E-state index contributed by atoms with van der Waals surface area (Å²) in [5.74, 6) is -1.82. The monoisotopic (exact) mass is 266 g/mol. The van der Waals surface area contributed by atoms with Crippen molar-refractivity contribution in [3.05, 3.63) is 30.1 Å². The highest BCUT2D eigenvalue weighted by molar-refractivity contribution is 5.90. The van der Waals surface area contributed by atoms with Gasteiger partial charge in [0.1, 0.15) is 11.9 Å². The Bertz CT molecular complexity index is 506.